The molecule has 0 aromatic heterocycles. The normalized spacial score (nSPS) is 17.2. The summed E-state index contributed by atoms with van der Waals surface area (Å²) in [6, 6.07) is 15.7. The Morgan fingerprint density at radius 2 is 1.84 bits per heavy atom. The third-order valence-corrected chi connectivity index (χ3v) is 7.29. The van der Waals surface area contributed by atoms with E-state index in [9.17, 15) is 18.0 Å². The molecule has 1 aliphatic heterocycles. The van der Waals surface area contributed by atoms with Crippen molar-refractivity contribution in [2.75, 3.05) is 18.4 Å². The summed E-state index contributed by atoms with van der Waals surface area (Å²) in [6.07, 6.45) is 1.74. The minimum atomic E-state index is -3.61. The van der Waals surface area contributed by atoms with E-state index in [1.54, 1.807) is 30.3 Å². The Bertz CT molecular complexity index is 1040. The van der Waals surface area contributed by atoms with Crippen molar-refractivity contribution in [2.24, 2.45) is 11.8 Å². The number of anilines is 1. The molecule has 0 bridgehead atoms. The molecule has 0 aliphatic carbocycles. The van der Waals surface area contributed by atoms with Gasteiger partial charge in [0, 0.05) is 31.7 Å². The number of nitrogens with one attached hydrogen (secondary N) is 2. The summed E-state index contributed by atoms with van der Waals surface area (Å²) in [5, 5.41) is 5.80. The van der Waals surface area contributed by atoms with E-state index in [1.165, 1.54) is 4.31 Å². The van der Waals surface area contributed by atoms with Crippen LogP contribution >= 0.6 is 0 Å². The van der Waals surface area contributed by atoms with E-state index < -0.39 is 15.9 Å². The van der Waals surface area contributed by atoms with Crippen LogP contribution < -0.4 is 10.6 Å². The molecule has 2 aromatic rings. The number of piperidine rings is 1. The molecule has 1 heterocycles. The van der Waals surface area contributed by atoms with E-state index in [0.29, 0.717) is 38.0 Å². The molecule has 7 nitrogen and oxygen atoms in total. The van der Waals surface area contributed by atoms with Crippen molar-refractivity contribution in [3.8, 4) is 0 Å². The van der Waals surface area contributed by atoms with Gasteiger partial charge in [-0.1, -0.05) is 44.2 Å². The molecular weight excluding hydrogens is 426 g/mol. The van der Waals surface area contributed by atoms with Crippen molar-refractivity contribution in [1.82, 2.24) is 9.62 Å². The molecule has 8 heteroatoms. The maximum absolute atomic E-state index is 12.9. The van der Waals surface area contributed by atoms with Gasteiger partial charge in [-0.2, -0.15) is 4.31 Å². The first-order valence-electron chi connectivity index (χ1n) is 11.0. The number of sulfonamides is 1. The summed E-state index contributed by atoms with van der Waals surface area (Å²) < 4.78 is 27.2. The monoisotopic (exact) mass is 457 g/mol. The molecule has 2 amide bonds. The van der Waals surface area contributed by atoms with E-state index in [2.05, 4.69) is 10.6 Å². The lowest BCUT2D eigenvalue weighted by Crippen LogP contribution is -2.45. The van der Waals surface area contributed by atoms with Crippen LogP contribution in [0.5, 0.6) is 0 Å². The molecule has 1 fully saturated rings. The van der Waals surface area contributed by atoms with Crippen LogP contribution in [0.1, 0.15) is 38.7 Å². The van der Waals surface area contributed by atoms with E-state index >= 15 is 0 Å². The van der Waals surface area contributed by atoms with Gasteiger partial charge in [0.05, 0.1) is 10.8 Å². The Kier molecular flexibility index (Phi) is 8.04. The quantitative estimate of drug-likeness (QED) is 0.635. The average Bonchev–Trinajstić information content (AvgIpc) is 2.78. The van der Waals surface area contributed by atoms with Crippen molar-refractivity contribution in [3.63, 3.8) is 0 Å². The lowest BCUT2D eigenvalue weighted by Gasteiger charge is -2.31. The first kappa shape index (κ1) is 23.9. The smallest absolute Gasteiger partial charge is 0.243 e. The molecule has 32 heavy (non-hydrogen) atoms. The summed E-state index contributed by atoms with van der Waals surface area (Å²) >= 11 is 0. The first-order chi connectivity index (χ1) is 15.3. The number of nitrogens with zero attached hydrogens (tertiary/aromatic N) is 1. The van der Waals surface area contributed by atoms with Gasteiger partial charge in [-0.15, -0.1) is 0 Å². The minimum absolute atomic E-state index is 0.0388. The number of rotatable bonds is 8. The van der Waals surface area contributed by atoms with Crippen molar-refractivity contribution in [1.29, 1.82) is 0 Å². The third kappa shape index (κ3) is 6.40. The van der Waals surface area contributed by atoms with Crippen LogP contribution in [0.25, 0.3) is 0 Å². The van der Waals surface area contributed by atoms with Crippen LogP contribution in [0.15, 0.2) is 59.5 Å². The van der Waals surface area contributed by atoms with Crippen molar-refractivity contribution in [2.45, 2.75) is 44.6 Å². The summed E-state index contributed by atoms with van der Waals surface area (Å²) in [5.41, 5.74) is 1.56. The van der Waals surface area contributed by atoms with E-state index in [4.69, 9.17) is 0 Å². The summed E-state index contributed by atoms with van der Waals surface area (Å²) in [7, 11) is -3.61. The van der Waals surface area contributed by atoms with Gasteiger partial charge in [-0.25, -0.2) is 8.42 Å². The van der Waals surface area contributed by atoms with Gasteiger partial charge in [-0.05, 0) is 48.6 Å². The van der Waals surface area contributed by atoms with Crippen LogP contribution in [0, 0.1) is 11.8 Å². The number of hydrogen-bond donors (Lipinski definition) is 2. The molecule has 0 saturated carbocycles. The molecule has 0 spiro atoms. The van der Waals surface area contributed by atoms with Gasteiger partial charge >= 0.3 is 0 Å². The second-order valence-corrected chi connectivity index (χ2v) is 10.5. The molecule has 172 valence electrons. The number of hydrogen-bond acceptors (Lipinski definition) is 4. The second kappa shape index (κ2) is 10.7. The van der Waals surface area contributed by atoms with Crippen molar-refractivity contribution >= 4 is 27.5 Å². The van der Waals surface area contributed by atoms with Crippen LogP contribution in [-0.4, -0.2) is 37.6 Å². The fourth-order valence-electron chi connectivity index (χ4n) is 3.79. The van der Waals surface area contributed by atoms with E-state index in [1.807, 2.05) is 38.1 Å². The molecule has 0 radical (unpaired) electrons. The maximum atomic E-state index is 12.9. The molecule has 1 atom stereocenters. The maximum Gasteiger partial charge on any atom is 0.243 e. The van der Waals surface area contributed by atoms with Gasteiger partial charge in [0.2, 0.25) is 21.8 Å². The zero-order chi connectivity index (χ0) is 23.1. The predicted octanol–water partition coefficient (Wildman–Crippen LogP) is 3.39. The van der Waals surface area contributed by atoms with E-state index in [-0.39, 0.29) is 29.2 Å². The highest BCUT2D eigenvalue weighted by Crippen LogP contribution is 2.24. The Morgan fingerprint density at radius 3 is 2.56 bits per heavy atom. The lowest BCUT2D eigenvalue weighted by molar-refractivity contribution is -0.126. The number of amides is 2. The topological polar surface area (TPSA) is 95.6 Å². The van der Waals surface area contributed by atoms with Crippen molar-refractivity contribution in [3.05, 3.63) is 60.2 Å². The van der Waals surface area contributed by atoms with Gasteiger partial charge in [-0.3, -0.25) is 9.59 Å². The zero-order valence-corrected chi connectivity index (χ0v) is 19.4. The molecular formula is C24H31N3O4S. The van der Waals surface area contributed by atoms with Crippen LogP contribution in [0.2, 0.25) is 0 Å². The highest BCUT2D eigenvalue weighted by Gasteiger charge is 2.33. The van der Waals surface area contributed by atoms with Crippen LogP contribution in [-0.2, 0) is 26.2 Å². The number of benzene rings is 2. The predicted molar refractivity (Wildman–Crippen MR) is 124 cm³/mol. The van der Waals surface area contributed by atoms with Crippen LogP contribution in [0.4, 0.5) is 5.69 Å². The largest absolute Gasteiger partial charge is 0.352 e. The standard InChI is InChI=1S/C24H31N3O4S/c1-18(2)14-23(28)26-21-10-6-8-19(15-21)16-25-24(29)20-9-7-13-27(17-20)32(30,31)22-11-4-3-5-12-22/h3-6,8,10-12,15,18,20H,7,9,13-14,16-17H2,1-2H3,(H,25,29)(H,26,28). The van der Waals surface area contributed by atoms with Gasteiger partial charge in [0.1, 0.15) is 0 Å². The third-order valence-electron chi connectivity index (χ3n) is 5.41. The Balaban J connectivity index is 1.57. The Morgan fingerprint density at radius 1 is 1.09 bits per heavy atom. The summed E-state index contributed by atoms with van der Waals surface area (Å²) in [4.78, 5) is 25.0. The Hall–Kier alpha value is -2.71. The van der Waals surface area contributed by atoms with Gasteiger partial charge in [0.15, 0.2) is 0 Å². The Labute approximate surface area is 190 Å². The van der Waals surface area contributed by atoms with Gasteiger partial charge in [0.25, 0.3) is 0 Å². The molecule has 1 aliphatic rings. The highest BCUT2D eigenvalue weighted by molar-refractivity contribution is 7.89. The molecule has 2 N–H and O–H groups in total. The number of carbonyl (C=O) groups is 2. The summed E-state index contributed by atoms with van der Waals surface area (Å²) in [5.74, 6) is -0.315. The highest BCUT2D eigenvalue weighted by atomic mass is 32.2. The van der Waals surface area contributed by atoms with Crippen molar-refractivity contribution < 1.29 is 18.0 Å². The lowest BCUT2D eigenvalue weighted by atomic mass is 9.98. The number of carbonyl (C=O) groups excluding carboxylic acids is 2. The molecule has 2 aromatic carbocycles. The zero-order valence-electron chi connectivity index (χ0n) is 18.6. The first-order valence-corrected chi connectivity index (χ1v) is 12.4. The molecule has 3 rings (SSSR count). The second-order valence-electron chi connectivity index (χ2n) is 8.58. The van der Waals surface area contributed by atoms with E-state index in [0.717, 1.165) is 5.56 Å². The minimum Gasteiger partial charge on any atom is -0.352 e. The SMILES string of the molecule is CC(C)CC(=O)Nc1cccc(CNC(=O)C2CCCN(S(=O)(=O)c3ccccc3)C2)c1. The molecule has 1 saturated heterocycles. The summed E-state index contributed by atoms with van der Waals surface area (Å²) in [6.45, 7) is 4.88. The van der Waals surface area contributed by atoms with Gasteiger partial charge < -0.3 is 10.6 Å². The molecule has 1 unspecified atom stereocenters. The fourth-order valence-corrected chi connectivity index (χ4v) is 5.34. The average molecular weight is 458 g/mol. The fraction of sp³-hybridized carbons (Fsp3) is 0.417. The van der Waals surface area contributed by atoms with Crippen LogP contribution in [0.3, 0.4) is 0 Å².